The fraction of sp³-hybridized carbons (Fsp3) is 0.391. The van der Waals surface area contributed by atoms with Crippen LogP contribution in [0.5, 0.6) is 0 Å². The zero-order valence-electron chi connectivity index (χ0n) is 15.9. The molecular weight excluding hydrogens is 355 g/mol. The van der Waals surface area contributed by atoms with Crippen LogP contribution in [0.2, 0.25) is 0 Å². The molecule has 0 aromatic heterocycles. The number of hydrogen-bond acceptors (Lipinski definition) is 2. The van der Waals surface area contributed by atoms with E-state index < -0.39 is 0 Å². The van der Waals surface area contributed by atoms with E-state index in [0.717, 1.165) is 37.8 Å². The minimum atomic E-state index is -0.362. The molecule has 2 amide bonds. The van der Waals surface area contributed by atoms with Crippen LogP contribution in [0.3, 0.4) is 0 Å². The van der Waals surface area contributed by atoms with Crippen LogP contribution < -0.4 is 5.32 Å². The number of hydrogen-bond donors (Lipinski definition) is 1. The molecule has 2 aromatic rings. The zero-order valence-corrected chi connectivity index (χ0v) is 15.9. The molecule has 1 fully saturated rings. The first-order chi connectivity index (χ1) is 13.6. The van der Waals surface area contributed by atoms with Gasteiger partial charge in [0.05, 0.1) is 5.92 Å². The molecule has 1 saturated heterocycles. The maximum absolute atomic E-state index is 13.1. The number of benzene rings is 2. The third kappa shape index (κ3) is 3.93. The van der Waals surface area contributed by atoms with E-state index in [9.17, 15) is 14.0 Å². The van der Waals surface area contributed by atoms with Crippen molar-refractivity contribution >= 4 is 17.5 Å². The Labute approximate surface area is 164 Å². The monoisotopic (exact) mass is 380 g/mol. The summed E-state index contributed by atoms with van der Waals surface area (Å²) in [6.07, 6.45) is 6.00. The Hall–Kier alpha value is -2.69. The average Bonchev–Trinajstić information content (AvgIpc) is 2.74. The highest BCUT2D eigenvalue weighted by Gasteiger charge is 2.29. The number of nitrogens with zero attached hydrogens (tertiary/aromatic N) is 1. The molecule has 1 aliphatic heterocycles. The van der Waals surface area contributed by atoms with Crippen LogP contribution in [0, 0.1) is 11.7 Å². The van der Waals surface area contributed by atoms with Crippen molar-refractivity contribution < 1.29 is 14.0 Å². The van der Waals surface area contributed by atoms with Crippen LogP contribution in [0.15, 0.2) is 42.5 Å². The van der Waals surface area contributed by atoms with Crippen molar-refractivity contribution in [2.75, 3.05) is 18.4 Å². The highest BCUT2D eigenvalue weighted by atomic mass is 19.1. The smallest absolute Gasteiger partial charge is 0.253 e. The minimum Gasteiger partial charge on any atom is -0.338 e. The van der Waals surface area contributed by atoms with Gasteiger partial charge in [-0.3, -0.25) is 9.59 Å². The summed E-state index contributed by atoms with van der Waals surface area (Å²) in [5.74, 6) is -0.749. The Morgan fingerprint density at radius 2 is 1.79 bits per heavy atom. The number of aryl methyl sites for hydroxylation is 1. The lowest BCUT2D eigenvalue weighted by molar-refractivity contribution is -0.121. The number of halogens is 1. The number of likely N-dealkylation sites (tertiary alicyclic amines) is 1. The van der Waals surface area contributed by atoms with Crippen molar-refractivity contribution in [2.24, 2.45) is 5.92 Å². The molecular formula is C23H25FN2O2. The van der Waals surface area contributed by atoms with Crippen molar-refractivity contribution in [3.05, 3.63) is 65.0 Å². The van der Waals surface area contributed by atoms with Gasteiger partial charge >= 0.3 is 0 Å². The number of anilines is 1. The lowest BCUT2D eigenvalue weighted by Gasteiger charge is -2.32. The molecule has 28 heavy (non-hydrogen) atoms. The van der Waals surface area contributed by atoms with E-state index in [1.54, 1.807) is 4.90 Å². The fourth-order valence-corrected chi connectivity index (χ4v) is 4.28. The van der Waals surface area contributed by atoms with Crippen molar-refractivity contribution in [3.63, 3.8) is 0 Å². The largest absolute Gasteiger partial charge is 0.338 e. The molecule has 0 bridgehead atoms. The lowest BCUT2D eigenvalue weighted by Crippen LogP contribution is -2.43. The van der Waals surface area contributed by atoms with E-state index in [1.807, 2.05) is 12.1 Å². The molecule has 1 N–H and O–H groups in total. The number of fused-ring (bicyclic) bond motifs is 1. The van der Waals surface area contributed by atoms with Crippen LogP contribution >= 0.6 is 0 Å². The molecule has 1 aliphatic carbocycles. The normalized spacial score (nSPS) is 19.0. The lowest BCUT2D eigenvalue weighted by atomic mass is 9.90. The standard InChI is InChI=1S/C23H25FN2O2/c24-19-12-10-17(11-13-19)23(28)26-14-4-7-18(15-26)22(27)25-21-9-3-6-16-5-1-2-8-20(16)21/h3,6,9-13,18H,1-2,4-5,7-8,14-15H2,(H,25,27). The van der Waals surface area contributed by atoms with E-state index in [4.69, 9.17) is 0 Å². The number of carbonyl (C=O) groups is 2. The van der Waals surface area contributed by atoms with E-state index in [-0.39, 0.29) is 23.5 Å². The van der Waals surface area contributed by atoms with E-state index in [0.29, 0.717) is 18.7 Å². The Morgan fingerprint density at radius 1 is 1.00 bits per heavy atom. The van der Waals surface area contributed by atoms with Gasteiger partial charge in [0, 0.05) is 24.3 Å². The maximum atomic E-state index is 13.1. The Balaban J connectivity index is 1.44. The minimum absolute atomic E-state index is 0.0180. The fourth-order valence-electron chi connectivity index (χ4n) is 4.28. The van der Waals surface area contributed by atoms with Crippen LogP contribution in [0.4, 0.5) is 10.1 Å². The number of amides is 2. The molecule has 2 aliphatic rings. The number of rotatable bonds is 3. The summed E-state index contributed by atoms with van der Waals surface area (Å²) in [7, 11) is 0. The van der Waals surface area contributed by atoms with Crippen LogP contribution in [0.1, 0.15) is 47.2 Å². The number of nitrogens with one attached hydrogen (secondary N) is 1. The van der Waals surface area contributed by atoms with Gasteiger partial charge in [0.15, 0.2) is 0 Å². The predicted octanol–water partition coefficient (Wildman–Crippen LogP) is 4.20. The van der Waals surface area contributed by atoms with Gasteiger partial charge in [-0.1, -0.05) is 12.1 Å². The summed E-state index contributed by atoms with van der Waals surface area (Å²) in [6, 6.07) is 11.7. The second-order valence-electron chi connectivity index (χ2n) is 7.74. The zero-order chi connectivity index (χ0) is 19.5. The van der Waals surface area contributed by atoms with Gasteiger partial charge in [0.1, 0.15) is 5.82 Å². The molecule has 4 rings (SSSR count). The number of carbonyl (C=O) groups excluding carboxylic acids is 2. The molecule has 1 unspecified atom stereocenters. The predicted molar refractivity (Wildman–Crippen MR) is 107 cm³/mol. The molecule has 0 spiro atoms. The van der Waals surface area contributed by atoms with Gasteiger partial charge in [0.25, 0.3) is 5.91 Å². The molecule has 0 radical (unpaired) electrons. The first kappa shape index (κ1) is 18.7. The van der Waals surface area contributed by atoms with Gasteiger partial charge in [-0.2, -0.15) is 0 Å². The molecule has 1 atom stereocenters. The van der Waals surface area contributed by atoms with Crippen molar-refractivity contribution in [3.8, 4) is 0 Å². The van der Waals surface area contributed by atoms with E-state index in [2.05, 4.69) is 11.4 Å². The highest BCUT2D eigenvalue weighted by molar-refractivity contribution is 5.96. The Morgan fingerprint density at radius 3 is 2.61 bits per heavy atom. The summed E-state index contributed by atoms with van der Waals surface area (Å²) < 4.78 is 13.1. The second kappa shape index (κ2) is 8.13. The van der Waals surface area contributed by atoms with Crippen molar-refractivity contribution in [2.45, 2.75) is 38.5 Å². The maximum Gasteiger partial charge on any atom is 0.253 e. The summed E-state index contributed by atoms with van der Waals surface area (Å²) in [5, 5.41) is 3.12. The Kier molecular flexibility index (Phi) is 5.42. The van der Waals surface area contributed by atoms with Crippen molar-refractivity contribution in [1.29, 1.82) is 0 Å². The van der Waals surface area contributed by atoms with Crippen LogP contribution in [-0.2, 0) is 17.6 Å². The third-order valence-corrected chi connectivity index (χ3v) is 5.82. The first-order valence-corrected chi connectivity index (χ1v) is 10.1. The quantitative estimate of drug-likeness (QED) is 0.868. The topological polar surface area (TPSA) is 49.4 Å². The van der Waals surface area contributed by atoms with Gasteiger partial charge < -0.3 is 10.2 Å². The van der Waals surface area contributed by atoms with Gasteiger partial charge in [-0.25, -0.2) is 4.39 Å². The van der Waals surface area contributed by atoms with Crippen molar-refractivity contribution in [1.82, 2.24) is 4.90 Å². The van der Waals surface area contributed by atoms with Gasteiger partial charge in [-0.05, 0) is 80.0 Å². The summed E-state index contributed by atoms with van der Waals surface area (Å²) >= 11 is 0. The summed E-state index contributed by atoms with van der Waals surface area (Å²) in [6.45, 7) is 1.03. The molecule has 2 aromatic carbocycles. The molecule has 4 nitrogen and oxygen atoms in total. The average molecular weight is 380 g/mol. The van der Waals surface area contributed by atoms with Gasteiger partial charge in [0.2, 0.25) is 5.91 Å². The molecule has 0 saturated carbocycles. The first-order valence-electron chi connectivity index (χ1n) is 10.1. The van der Waals surface area contributed by atoms with Crippen LogP contribution in [0.25, 0.3) is 0 Å². The molecule has 146 valence electrons. The molecule has 5 heteroatoms. The molecule has 1 heterocycles. The van der Waals surface area contributed by atoms with Crippen LogP contribution in [-0.4, -0.2) is 29.8 Å². The summed E-state index contributed by atoms with van der Waals surface area (Å²) in [4.78, 5) is 27.3. The second-order valence-corrected chi connectivity index (χ2v) is 7.74. The summed E-state index contributed by atoms with van der Waals surface area (Å²) in [5.41, 5.74) is 3.97. The van der Waals surface area contributed by atoms with E-state index in [1.165, 1.54) is 41.8 Å². The Bertz CT molecular complexity index is 879. The SMILES string of the molecule is O=C(Nc1cccc2c1CCCC2)C1CCCN(C(=O)c2ccc(F)cc2)C1. The number of piperidine rings is 1. The van der Waals surface area contributed by atoms with Gasteiger partial charge in [-0.15, -0.1) is 0 Å². The third-order valence-electron chi connectivity index (χ3n) is 5.82. The highest BCUT2D eigenvalue weighted by Crippen LogP contribution is 2.29. The van der Waals surface area contributed by atoms with E-state index >= 15 is 0 Å².